The molecule has 0 bridgehead atoms. The second-order valence-electron chi connectivity index (χ2n) is 3.22. The van der Waals surface area contributed by atoms with Crippen molar-refractivity contribution >= 4 is 41.2 Å². The predicted molar refractivity (Wildman–Crippen MR) is 67.6 cm³/mol. The summed E-state index contributed by atoms with van der Waals surface area (Å²) in [7, 11) is 0. The smallest absolute Gasteiger partial charge is 0.336 e. The van der Waals surface area contributed by atoms with Crippen LogP contribution in [0, 0.1) is 24.3 Å². The summed E-state index contributed by atoms with van der Waals surface area (Å²) in [6.07, 6.45) is 0. The summed E-state index contributed by atoms with van der Waals surface area (Å²) >= 11 is 6.48. The Hall–Kier alpha value is -0.230. The lowest BCUT2D eigenvalue weighted by atomic mass is 10.00. The zero-order chi connectivity index (χ0) is 11.0. The number of thiol groups is 1. The Morgan fingerprint density at radius 2 is 1.71 bits per heavy atom. The van der Waals surface area contributed by atoms with Crippen LogP contribution in [0.25, 0.3) is 0 Å². The molecule has 0 aromatic heterocycles. The molecule has 0 aliphatic carbocycles. The lowest BCUT2D eigenvalue weighted by Gasteiger charge is -2.13. The van der Waals surface area contributed by atoms with E-state index in [1.54, 1.807) is 6.92 Å². The fourth-order valence-electron chi connectivity index (χ4n) is 1.50. The Morgan fingerprint density at radius 3 is 2.14 bits per heavy atom. The van der Waals surface area contributed by atoms with Gasteiger partial charge in [0, 0.05) is 8.47 Å². The van der Waals surface area contributed by atoms with Gasteiger partial charge in [0.2, 0.25) is 0 Å². The average Bonchev–Trinajstić information content (AvgIpc) is 2.11. The second-order valence-corrected chi connectivity index (χ2v) is 4.74. The van der Waals surface area contributed by atoms with Crippen molar-refractivity contribution in [3.05, 3.63) is 25.8 Å². The highest BCUT2D eigenvalue weighted by Crippen LogP contribution is 2.30. The maximum absolute atomic E-state index is 11.0. The highest BCUT2D eigenvalue weighted by atomic mass is 127. The summed E-state index contributed by atoms with van der Waals surface area (Å²) in [5.74, 6) is -0.881. The van der Waals surface area contributed by atoms with E-state index < -0.39 is 5.97 Å². The van der Waals surface area contributed by atoms with E-state index in [-0.39, 0.29) is 0 Å². The largest absolute Gasteiger partial charge is 0.478 e. The van der Waals surface area contributed by atoms with Crippen LogP contribution in [0.2, 0.25) is 0 Å². The molecule has 2 nitrogen and oxygen atoms in total. The molecule has 0 aliphatic rings. The standard InChI is InChI=1S/C10H11IO2S/c1-4-7(10(12)13)5(2)9(14)6(3)8(4)11/h14H,1-3H3,(H,12,13). The van der Waals surface area contributed by atoms with Crippen LogP contribution in [0.4, 0.5) is 0 Å². The molecule has 0 unspecified atom stereocenters. The van der Waals surface area contributed by atoms with Crippen LogP contribution < -0.4 is 0 Å². The average molecular weight is 322 g/mol. The molecule has 14 heavy (non-hydrogen) atoms. The monoisotopic (exact) mass is 322 g/mol. The predicted octanol–water partition coefficient (Wildman–Crippen LogP) is 3.20. The molecule has 0 amide bonds. The lowest BCUT2D eigenvalue weighted by molar-refractivity contribution is 0.0695. The first-order valence-corrected chi connectivity index (χ1v) is 5.62. The first-order chi connectivity index (χ1) is 6.37. The second kappa shape index (κ2) is 4.10. The molecule has 0 heterocycles. The Bertz CT molecular complexity index is 384. The lowest BCUT2D eigenvalue weighted by Crippen LogP contribution is -2.07. The fraction of sp³-hybridized carbons (Fsp3) is 0.300. The molecule has 0 radical (unpaired) electrons. The van der Waals surface area contributed by atoms with E-state index in [4.69, 9.17) is 5.11 Å². The van der Waals surface area contributed by atoms with Gasteiger partial charge in [-0.15, -0.1) is 12.6 Å². The normalized spacial score (nSPS) is 10.4. The van der Waals surface area contributed by atoms with E-state index in [9.17, 15) is 4.79 Å². The van der Waals surface area contributed by atoms with E-state index in [0.29, 0.717) is 5.56 Å². The Morgan fingerprint density at radius 1 is 1.21 bits per heavy atom. The minimum absolute atomic E-state index is 0.380. The van der Waals surface area contributed by atoms with Gasteiger partial charge >= 0.3 is 5.97 Å². The van der Waals surface area contributed by atoms with Crippen molar-refractivity contribution in [2.45, 2.75) is 25.7 Å². The summed E-state index contributed by atoms with van der Waals surface area (Å²) in [5.41, 5.74) is 3.00. The van der Waals surface area contributed by atoms with Crippen LogP contribution in [-0.4, -0.2) is 11.1 Å². The molecule has 0 aliphatic heterocycles. The minimum Gasteiger partial charge on any atom is -0.478 e. The van der Waals surface area contributed by atoms with Gasteiger partial charge in [0.05, 0.1) is 5.56 Å². The molecule has 0 fully saturated rings. The van der Waals surface area contributed by atoms with E-state index in [0.717, 1.165) is 25.2 Å². The maximum atomic E-state index is 11.0. The van der Waals surface area contributed by atoms with Crippen LogP contribution in [0.15, 0.2) is 4.90 Å². The summed E-state index contributed by atoms with van der Waals surface area (Å²) in [6, 6.07) is 0. The maximum Gasteiger partial charge on any atom is 0.336 e. The summed E-state index contributed by atoms with van der Waals surface area (Å²) in [4.78, 5) is 11.8. The molecule has 1 rings (SSSR count). The van der Waals surface area contributed by atoms with Crippen LogP contribution >= 0.6 is 35.2 Å². The summed E-state index contributed by atoms with van der Waals surface area (Å²) < 4.78 is 0.982. The summed E-state index contributed by atoms with van der Waals surface area (Å²) in [5, 5.41) is 9.05. The highest BCUT2D eigenvalue weighted by Gasteiger charge is 2.18. The molecule has 0 atom stereocenters. The third-order valence-corrected chi connectivity index (χ3v) is 4.62. The van der Waals surface area contributed by atoms with Crippen molar-refractivity contribution in [2.75, 3.05) is 0 Å². The van der Waals surface area contributed by atoms with Crippen LogP contribution in [0.3, 0.4) is 0 Å². The van der Waals surface area contributed by atoms with E-state index in [1.807, 2.05) is 13.8 Å². The number of carbonyl (C=O) groups is 1. The molecule has 1 N–H and O–H groups in total. The third kappa shape index (κ3) is 1.77. The summed E-state index contributed by atoms with van der Waals surface area (Å²) in [6.45, 7) is 5.58. The Labute approximate surface area is 102 Å². The molecule has 0 saturated heterocycles. The first-order valence-electron chi connectivity index (χ1n) is 4.09. The number of hydrogen-bond donors (Lipinski definition) is 2. The van der Waals surface area contributed by atoms with Gasteiger partial charge < -0.3 is 5.11 Å². The molecular formula is C10H11IO2S. The molecular weight excluding hydrogens is 311 g/mol. The van der Waals surface area contributed by atoms with Gasteiger partial charge in [-0.1, -0.05) is 0 Å². The van der Waals surface area contributed by atoms with Gasteiger partial charge in [0.15, 0.2) is 0 Å². The van der Waals surface area contributed by atoms with E-state index >= 15 is 0 Å². The van der Waals surface area contributed by atoms with Crippen molar-refractivity contribution in [3.63, 3.8) is 0 Å². The quantitative estimate of drug-likeness (QED) is 0.615. The molecule has 0 spiro atoms. The topological polar surface area (TPSA) is 37.3 Å². The number of carboxylic acid groups (broad SMARTS) is 1. The number of carboxylic acids is 1. The number of hydrogen-bond acceptors (Lipinski definition) is 2. The number of aromatic carboxylic acids is 1. The third-order valence-electron chi connectivity index (χ3n) is 2.33. The van der Waals surface area contributed by atoms with Crippen LogP contribution in [-0.2, 0) is 0 Å². The van der Waals surface area contributed by atoms with Gasteiger partial charge in [-0.25, -0.2) is 4.79 Å². The van der Waals surface area contributed by atoms with E-state index in [1.165, 1.54) is 0 Å². The Kier molecular flexibility index (Phi) is 3.47. The number of halogens is 1. The van der Waals surface area contributed by atoms with Gasteiger partial charge in [-0.2, -0.15) is 0 Å². The minimum atomic E-state index is -0.881. The van der Waals surface area contributed by atoms with Crippen molar-refractivity contribution in [3.8, 4) is 0 Å². The van der Waals surface area contributed by atoms with Crippen molar-refractivity contribution < 1.29 is 9.90 Å². The molecule has 4 heteroatoms. The van der Waals surface area contributed by atoms with Crippen molar-refractivity contribution in [1.82, 2.24) is 0 Å². The molecule has 1 aromatic rings. The van der Waals surface area contributed by atoms with Crippen LogP contribution in [0.1, 0.15) is 27.0 Å². The van der Waals surface area contributed by atoms with Crippen LogP contribution in [0.5, 0.6) is 0 Å². The SMILES string of the molecule is Cc1c(S)c(C)c(C(=O)O)c(C)c1I. The van der Waals surface area contributed by atoms with Gasteiger partial charge in [-0.3, -0.25) is 0 Å². The van der Waals surface area contributed by atoms with Gasteiger partial charge in [-0.05, 0) is 60.1 Å². The van der Waals surface area contributed by atoms with Gasteiger partial charge in [0.1, 0.15) is 0 Å². The van der Waals surface area contributed by atoms with Crippen molar-refractivity contribution in [2.24, 2.45) is 0 Å². The van der Waals surface area contributed by atoms with E-state index in [2.05, 4.69) is 35.2 Å². The molecule has 76 valence electrons. The Balaban J connectivity index is 3.68. The highest BCUT2D eigenvalue weighted by molar-refractivity contribution is 14.1. The molecule has 0 saturated carbocycles. The van der Waals surface area contributed by atoms with Crippen molar-refractivity contribution in [1.29, 1.82) is 0 Å². The number of rotatable bonds is 1. The molecule has 1 aromatic carbocycles. The fourth-order valence-corrected chi connectivity index (χ4v) is 2.47. The number of benzene rings is 1. The van der Waals surface area contributed by atoms with Gasteiger partial charge in [0.25, 0.3) is 0 Å². The first kappa shape index (κ1) is 11.8. The zero-order valence-electron chi connectivity index (χ0n) is 8.18. The zero-order valence-corrected chi connectivity index (χ0v) is 11.2.